The molecule has 0 saturated carbocycles. The normalized spacial score (nSPS) is 11.8. The molecule has 1 amide bonds. The second kappa shape index (κ2) is 7.97. The van der Waals surface area contributed by atoms with Gasteiger partial charge in [0.15, 0.2) is 0 Å². The van der Waals surface area contributed by atoms with Gasteiger partial charge >= 0.3 is 0 Å². The predicted octanol–water partition coefficient (Wildman–Crippen LogP) is 4.54. The van der Waals surface area contributed by atoms with E-state index in [0.717, 1.165) is 11.3 Å². The summed E-state index contributed by atoms with van der Waals surface area (Å²) < 4.78 is 5.73. The number of benzene rings is 2. The van der Waals surface area contributed by atoms with Crippen molar-refractivity contribution < 1.29 is 9.53 Å². The molecule has 0 atom stereocenters. The van der Waals surface area contributed by atoms with Crippen LogP contribution in [0.25, 0.3) is 0 Å². The fraction of sp³-hybridized carbons (Fsp3) is 0.333. The van der Waals surface area contributed by atoms with Crippen LogP contribution in [0.15, 0.2) is 53.6 Å². The van der Waals surface area contributed by atoms with Crippen molar-refractivity contribution >= 4 is 12.1 Å². The van der Waals surface area contributed by atoms with E-state index in [2.05, 4.69) is 31.3 Å². The lowest BCUT2D eigenvalue weighted by Gasteiger charge is -2.18. The minimum atomic E-state index is -0.237. The van der Waals surface area contributed by atoms with Gasteiger partial charge in [-0.15, -0.1) is 0 Å². The minimum Gasteiger partial charge on any atom is -0.490 e. The van der Waals surface area contributed by atoms with Gasteiger partial charge in [-0.1, -0.05) is 45.0 Å². The zero-order valence-electron chi connectivity index (χ0n) is 15.5. The average Bonchev–Trinajstić information content (AvgIpc) is 2.55. The van der Waals surface area contributed by atoms with E-state index in [1.165, 1.54) is 5.56 Å². The maximum Gasteiger partial charge on any atom is 0.271 e. The van der Waals surface area contributed by atoms with Crippen molar-refractivity contribution in [1.29, 1.82) is 0 Å². The molecule has 2 aromatic carbocycles. The van der Waals surface area contributed by atoms with Crippen molar-refractivity contribution in [2.75, 3.05) is 0 Å². The van der Waals surface area contributed by atoms with Gasteiger partial charge in [0.25, 0.3) is 5.91 Å². The molecule has 0 saturated heterocycles. The summed E-state index contributed by atoms with van der Waals surface area (Å²) in [7, 11) is 0. The highest BCUT2D eigenvalue weighted by Crippen LogP contribution is 2.22. The Morgan fingerprint density at radius 1 is 1.08 bits per heavy atom. The van der Waals surface area contributed by atoms with Gasteiger partial charge in [-0.3, -0.25) is 4.79 Å². The van der Waals surface area contributed by atoms with Gasteiger partial charge in [-0.25, -0.2) is 5.43 Å². The van der Waals surface area contributed by atoms with Crippen molar-refractivity contribution in [2.45, 2.75) is 46.1 Å². The number of para-hydroxylation sites is 1. The van der Waals surface area contributed by atoms with Gasteiger partial charge in [0.2, 0.25) is 0 Å². The first-order chi connectivity index (χ1) is 11.8. The quantitative estimate of drug-likeness (QED) is 0.643. The first-order valence-electron chi connectivity index (χ1n) is 8.47. The molecule has 0 spiro atoms. The summed E-state index contributed by atoms with van der Waals surface area (Å²) >= 11 is 0. The van der Waals surface area contributed by atoms with Crippen LogP contribution < -0.4 is 10.2 Å². The summed E-state index contributed by atoms with van der Waals surface area (Å²) in [5.74, 6) is 0.504. The molecule has 0 bridgehead atoms. The Balaban J connectivity index is 2.04. The molecule has 0 aliphatic heterocycles. The van der Waals surface area contributed by atoms with Crippen LogP contribution in [0.3, 0.4) is 0 Å². The van der Waals surface area contributed by atoms with Gasteiger partial charge in [0, 0.05) is 11.1 Å². The molecule has 25 heavy (non-hydrogen) atoms. The van der Waals surface area contributed by atoms with E-state index >= 15 is 0 Å². The zero-order chi connectivity index (χ0) is 18.4. The monoisotopic (exact) mass is 338 g/mol. The third-order valence-electron chi connectivity index (χ3n) is 3.66. The van der Waals surface area contributed by atoms with Gasteiger partial charge in [-0.2, -0.15) is 5.10 Å². The van der Waals surface area contributed by atoms with Crippen LogP contribution in [-0.2, 0) is 5.41 Å². The van der Waals surface area contributed by atoms with Crippen LogP contribution in [0.1, 0.15) is 56.1 Å². The Kier molecular flexibility index (Phi) is 5.97. The first kappa shape index (κ1) is 18.7. The standard InChI is InChI=1S/C21H26N2O2/c1-15(2)25-19-9-7-6-8-17(19)14-22-23-20(24)16-10-12-18(13-11-16)21(3,4)5/h6-15H,1-5H3,(H,23,24)/b22-14+. The number of carbonyl (C=O) groups is 1. The van der Waals surface area contributed by atoms with Crippen LogP contribution in [0.2, 0.25) is 0 Å². The van der Waals surface area contributed by atoms with Gasteiger partial charge in [0.1, 0.15) is 5.75 Å². The third-order valence-corrected chi connectivity index (χ3v) is 3.66. The van der Waals surface area contributed by atoms with E-state index in [4.69, 9.17) is 4.74 Å². The maximum absolute atomic E-state index is 12.2. The van der Waals surface area contributed by atoms with Gasteiger partial charge < -0.3 is 4.74 Å². The highest BCUT2D eigenvalue weighted by molar-refractivity contribution is 5.95. The first-order valence-corrected chi connectivity index (χ1v) is 8.47. The topological polar surface area (TPSA) is 50.7 Å². The van der Waals surface area contributed by atoms with E-state index in [1.807, 2.05) is 62.4 Å². The maximum atomic E-state index is 12.2. The highest BCUT2D eigenvalue weighted by Gasteiger charge is 2.14. The summed E-state index contributed by atoms with van der Waals surface area (Å²) in [6.45, 7) is 10.4. The van der Waals surface area contributed by atoms with Crippen molar-refractivity contribution in [3.8, 4) is 5.75 Å². The molecular formula is C21H26N2O2. The lowest BCUT2D eigenvalue weighted by atomic mass is 9.87. The number of nitrogens with one attached hydrogen (secondary N) is 1. The number of rotatable bonds is 5. The molecule has 132 valence electrons. The predicted molar refractivity (Wildman–Crippen MR) is 102 cm³/mol. The second-order valence-electron chi connectivity index (χ2n) is 7.23. The molecule has 0 aromatic heterocycles. The number of hydrazone groups is 1. The number of hydrogen-bond acceptors (Lipinski definition) is 3. The Labute approximate surface area is 149 Å². The van der Waals surface area contributed by atoms with Crippen molar-refractivity contribution in [2.24, 2.45) is 5.10 Å². The van der Waals surface area contributed by atoms with Crippen molar-refractivity contribution in [1.82, 2.24) is 5.43 Å². The molecule has 1 N–H and O–H groups in total. The summed E-state index contributed by atoms with van der Waals surface area (Å²) in [6.07, 6.45) is 1.67. The molecule has 4 heteroatoms. The molecule has 2 rings (SSSR count). The van der Waals surface area contributed by atoms with Gasteiger partial charge in [0.05, 0.1) is 12.3 Å². The van der Waals surface area contributed by atoms with Crippen LogP contribution in [0, 0.1) is 0 Å². The number of hydrogen-bond donors (Lipinski definition) is 1. The molecule has 0 unspecified atom stereocenters. The third kappa shape index (κ3) is 5.45. The molecular weight excluding hydrogens is 312 g/mol. The van der Waals surface area contributed by atoms with E-state index in [9.17, 15) is 4.79 Å². The minimum absolute atomic E-state index is 0.0628. The fourth-order valence-corrected chi connectivity index (χ4v) is 2.30. The number of carbonyl (C=O) groups excluding carboxylic acids is 1. The van der Waals surface area contributed by atoms with Gasteiger partial charge in [-0.05, 0) is 49.1 Å². The fourth-order valence-electron chi connectivity index (χ4n) is 2.30. The molecule has 0 heterocycles. The molecule has 0 radical (unpaired) electrons. The zero-order valence-corrected chi connectivity index (χ0v) is 15.5. The summed E-state index contributed by atoms with van der Waals surface area (Å²) in [4.78, 5) is 12.2. The van der Waals surface area contributed by atoms with E-state index in [-0.39, 0.29) is 17.4 Å². The van der Waals surface area contributed by atoms with Crippen LogP contribution >= 0.6 is 0 Å². The van der Waals surface area contributed by atoms with Crippen LogP contribution in [0.5, 0.6) is 5.75 Å². The van der Waals surface area contributed by atoms with Crippen LogP contribution in [-0.4, -0.2) is 18.2 Å². The summed E-state index contributed by atoms with van der Waals surface area (Å²) in [5, 5.41) is 4.05. The molecule has 2 aromatic rings. The molecule has 0 aliphatic rings. The average molecular weight is 338 g/mol. The number of amides is 1. The largest absolute Gasteiger partial charge is 0.490 e. The van der Waals surface area contributed by atoms with E-state index < -0.39 is 0 Å². The van der Waals surface area contributed by atoms with Crippen molar-refractivity contribution in [3.63, 3.8) is 0 Å². The summed E-state index contributed by atoms with van der Waals surface area (Å²) in [6, 6.07) is 15.2. The lowest BCUT2D eigenvalue weighted by Crippen LogP contribution is -2.18. The molecule has 0 aliphatic carbocycles. The van der Waals surface area contributed by atoms with Crippen molar-refractivity contribution in [3.05, 3.63) is 65.2 Å². The Morgan fingerprint density at radius 3 is 2.32 bits per heavy atom. The number of ether oxygens (including phenoxy) is 1. The van der Waals surface area contributed by atoms with Crippen LogP contribution in [0.4, 0.5) is 0 Å². The lowest BCUT2D eigenvalue weighted by molar-refractivity contribution is 0.0955. The molecule has 0 fully saturated rings. The Bertz CT molecular complexity index is 741. The smallest absolute Gasteiger partial charge is 0.271 e. The Hall–Kier alpha value is -2.62. The molecule has 4 nitrogen and oxygen atoms in total. The van der Waals surface area contributed by atoms with E-state index in [1.54, 1.807) is 6.21 Å². The Morgan fingerprint density at radius 2 is 1.72 bits per heavy atom. The SMILES string of the molecule is CC(C)Oc1ccccc1/C=N/NC(=O)c1ccc(C(C)(C)C)cc1. The summed E-state index contributed by atoms with van der Waals surface area (Å²) in [5.41, 5.74) is 5.21. The second-order valence-corrected chi connectivity index (χ2v) is 7.23. The highest BCUT2D eigenvalue weighted by atomic mass is 16.5. The van der Waals surface area contributed by atoms with E-state index in [0.29, 0.717) is 5.56 Å². The number of nitrogens with zero attached hydrogens (tertiary/aromatic N) is 1.